The molecule has 2 aromatic rings. The van der Waals surface area contributed by atoms with Gasteiger partial charge in [0.1, 0.15) is 6.26 Å². The van der Waals surface area contributed by atoms with Crippen molar-refractivity contribution < 1.29 is 18.7 Å². The number of oxazole rings is 1. The van der Waals surface area contributed by atoms with E-state index in [4.69, 9.17) is 13.9 Å². The number of likely N-dealkylation sites (tertiary alicyclic amines) is 1. The van der Waals surface area contributed by atoms with Crippen LogP contribution in [-0.2, 0) is 4.74 Å². The fraction of sp³-hybridized carbons (Fsp3) is 0.526. The van der Waals surface area contributed by atoms with Crippen LogP contribution in [0.2, 0.25) is 0 Å². The molecule has 2 aliphatic heterocycles. The molecule has 2 aliphatic rings. The molecule has 4 rings (SSSR count). The minimum Gasteiger partial charge on any atom is -0.478 e. The predicted molar refractivity (Wildman–Crippen MR) is 92.8 cm³/mol. The fourth-order valence-electron chi connectivity index (χ4n) is 4.05. The van der Waals surface area contributed by atoms with Crippen LogP contribution in [0.15, 0.2) is 41.5 Å². The van der Waals surface area contributed by atoms with Crippen molar-refractivity contribution in [3.05, 3.63) is 42.7 Å². The van der Waals surface area contributed by atoms with E-state index in [1.54, 1.807) is 6.20 Å². The number of aromatic nitrogens is 2. The second-order valence-electron chi connectivity index (χ2n) is 6.87. The van der Waals surface area contributed by atoms with Gasteiger partial charge in [0.15, 0.2) is 12.1 Å². The highest BCUT2D eigenvalue weighted by atomic mass is 16.5. The maximum atomic E-state index is 12.4. The highest BCUT2D eigenvalue weighted by molar-refractivity contribution is 5.91. The quantitative estimate of drug-likeness (QED) is 0.818. The molecule has 26 heavy (non-hydrogen) atoms. The molecule has 2 fully saturated rings. The normalized spacial score (nSPS) is 21.8. The predicted octanol–water partition coefficient (Wildman–Crippen LogP) is 2.55. The van der Waals surface area contributed by atoms with Crippen molar-refractivity contribution in [3.63, 3.8) is 0 Å². The number of hydrogen-bond acceptors (Lipinski definition) is 6. The first-order valence-electron chi connectivity index (χ1n) is 9.12. The van der Waals surface area contributed by atoms with Crippen LogP contribution in [0.1, 0.15) is 36.2 Å². The average Bonchev–Trinajstić information content (AvgIpc) is 3.34. The molecule has 7 nitrogen and oxygen atoms in total. The van der Waals surface area contributed by atoms with Crippen LogP contribution in [0.25, 0.3) is 0 Å². The minimum absolute atomic E-state index is 0.0679. The summed E-state index contributed by atoms with van der Waals surface area (Å²) in [7, 11) is 0. The molecule has 0 aromatic carbocycles. The van der Waals surface area contributed by atoms with E-state index in [-0.39, 0.29) is 11.5 Å². The van der Waals surface area contributed by atoms with E-state index in [2.05, 4.69) is 9.97 Å². The van der Waals surface area contributed by atoms with E-state index in [9.17, 15) is 4.79 Å². The average molecular weight is 357 g/mol. The van der Waals surface area contributed by atoms with Crippen molar-refractivity contribution in [1.29, 1.82) is 0 Å². The van der Waals surface area contributed by atoms with Crippen molar-refractivity contribution in [2.75, 3.05) is 26.3 Å². The molecule has 2 aromatic heterocycles. The molecule has 138 valence electrons. The number of pyridine rings is 1. The van der Waals surface area contributed by atoms with Crippen LogP contribution in [0, 0.1) is 5.92 Å². The monoisotopic (exact) mass is 357 g/mol. The number of carbonyl (C=O) groups excluding carboxylic acids is 1. The zero-order valence-electron chi connectivity index (χ0n) is 14.7. The Labute approximate surface area is 152 Å². The highest BCUT2D eigenvalue weighted by Gasteiger charge is 2.46. The number of amides is 1. The third-order valence-corrected chi connectivity index (χ3v) is 5.50. The summed E-state index contributed by atoms with van der Waals surface area (Å²) in [6.45, 7) is 2.78. The summed E-state index contributed by atoms with van der Waals surface area (Å²) in [6, 6.07) is 5.67. The Balaban J connectivity index is 1.31. The SMILES string of the molecule is O=C(c1cocn1)N1CCC2(CC1)OCC[C@@H]2CCOc1ccccn1. The third kappa shape index (κ3) is 3.44. The number of ether oxygens (including phenoxy) is 2. The lowest BCUT2D eigenvalue weighted by atomic mass is 9.78. The molecular weight excluding hydrogens is 334 g/mol. The molecule has 0 aliphatic carbocycles. The van der Waals surface area contributed by atoms with Crippen molar-refractivity contribution in [3.8, 4) is 5.88 Å². The van der Waals surface area contributed by atoms with Gasteiger partial charge in [0.05, 0.1) is 12.2 Å². The molecule has 0 radical (unpaired) electrons. The van der Waals surface area contributed by atoms with Crippen molar-refractivity contribution in [2.45, 2.75) is 31.3 Å². The smallest absolute Gasteiger partial charge is 0.275 e. The van der Waals surface area contributed by atoms with Gasteiger partial charge in [-0.05, 0) is 37.7 Å². The lowest BCUT2D eigenvalue weighted by Gasteiger charge is -2.42. The molecule has 1 amide bonds. The minimum atomic E-state index is -0.131. The molecule has 0 unspecified atom stereocenters. The van der Waals surface area contributed by atoms with Gasteiger partial charge in [0, 0.05) is 32.0 Å². The number of rotatable bonds is 5. The second kappa shape index (κ2) is 7.45. The van der Waals surface area contributed by atoms with Crippen molar-refractivity contribution in [1.82, 2.24) is 14.9 Å². The highest BCUT2D eigenvalue weighted by Crippen LogP contribution is 2.42. The van der Waals surface area contributed by atoms with E-state index in [1.807, 2.05) is 23.1 Å². The molecule has 0 saturated carbocycles. The van der Waals surface area contributed by atoms with Crippen LogP contribution >= 0.6 is 0 Å². The van der Waals surface area contributed by atoms with E-state index in [0.717, 1.165) is 32.3 Å². The summed E-state index contributed by atoms with van der Waals surface area (Å²) in [4.78, 5) is 22.4. The topological polar surface area (TPSA) is 77.7 Å². The van der Waals surface area contributed by atoms with Crippen LogP contribution < -0.4 is 4.74 Å². The van der Waals surface area contributed by atoms with E-state index in [1.165, 1.54) is 12.7 Å². The van der Waals surface area contributed by atoms with E-state index < -0.39 is 0 Å². The Morgan fingerprint density at radius 2 is 2.19 bits per heavy atom. The Morgan fingerprint density at radius 1 is 1.31 bits per heavy atom. The van der Waals surface area contributed by atoms with Gasteiger partial charge in [-0.25, -0.2) is 9.97 Å². The zero-order valence-corrected chi connectivity index (χ0v) is 14.7. The lowest BCUT2D eigenvalue weighted by Crippen LogP contribution is -2.49. The Morgan fingerprint density at radius 3 is 2.92 bits per heavy atom. The molecule has 4 heterocycles. The van der Waals surface area contributed by atoms with Crippen molar-refractivity contribution in [2.24, 2.45) is 5.92 Å². The molecule has 0 bridgehead atoms. The first-order chi connectivity index (χ1) is 12.8. The fourth-order valence-corrected chi connectivity index (χ4v) is 4.05. The molecule has 7 heteroatoms. The van der Waals surface area contributed by atoms with Gasteiger partial charge in [0.25, 0.3) is 5.91 Å². The van der Waals surface area contributed by atoms with Crippen LogP contribution in [-0.4, -0.2) is 52.7 Å². The number of hydrogen-bond donors (Lipinski definition) is 0. The maximum absolute atomic E-state index is 12.4. The summed E-state index contributed by atoms with van der Waals surface area (Å²) in [5, 5.41) is 0. The van der Waals surface area contributed by atoms with Gasteiger partial charge in [-0.2, -0.15) is 0 Å². The lowest BCUT2D eigenvalue weighted by molar-refractivity contribution is -0.0649. The molecule has 1 atom stereocenters. The third-order valence-electron chi connectivity index (χ3n) is 5.50. The summed E-state index contributed by atoms with van der Waals surface area (Å²) < 4.78 is 16.8. The number of piperidine rings is 1. The Bertz CT molecular complexity index is 712. The summed E-state index contributed by atoms with van der Waals surface area (Å²) >= 11 is 0. The molecule has 1 spiro atoms. The first-order valence-corrected chi connectivity index (χ1v) is 9.12. The summed E-state index contributed by atoms with van der Waals surface area (Å²) in [5.74, 6) is 1.05. The van der Waals surface area contributed by atoms with Crippen LogP contribution in [0.5, 0.6) is 5.88 Å². The van der Waals surface area contributed by atoms with Gasteiger partial charge in [-0.3, -0.25) is 4.79 Å². The second-order valence-corrected chi connectivity index (χ2v) is 6.87. The Kier molecular flexibility index (Phi) is 4.88. The molecular formula is C19H23N3O4. The van der Waals surface area contributed by atoms with Crippen LogP contribution in [0.3, 0.4) is 0 Å². The summed E-state index contributed by atoms with van der Waals surface area (Å²) in [6.07, 6.45) is 8.11. The van der Waals surface area contributed by atoms with E-state index >= 15 is 0 Å². The number of carbonyl (C=O) groups is 1. The van der Waals surface area contributed by atoms with E-state index in [0.29, 0.717) is 37.2 Å². The van der Waals surface area contributed by atoms with Gasteiger partial charge in [0.2, 0.25) is 5.88 Å². The standard InChI is InChI=1S/C19H23N3O4/c23-18(16-13-24-14-21-16)22-9-6-19(7-10-22)15(5-12-26-19)4-11-25-17-3-1-2-8-20-17/h1-3,8,13-15H,4-7,9-12H2/t15-/m0/s1. The van der Waals surface area contributed by atoms with Gasteiger partial charge in [-0.15, -0.1) is 0 Å². The first kappa shape index (κ1) is 17.0. The maximum Gasteiger partial charge on any atom is 0.275 e. The zero-order chi connectivity index (χ0) is 17.8. The van der Waals surface area contributed by atoms with Gasteiger partial charge in [-0.1, -0.05) is 6.07 Å². The van der Waals surface area contributed by atoms with Crippen LogP contribution in [0.4, 0.5) is 0 Å². The van der Waals surface area contributed by atoms with Gasteiger partial charge >= 0.3 is 0 Å². The molecule has 2 saturated heterocycles. The number of nitrogens with zero attached hydrogens (tertiary/aromatic N) is 3. The summed E-state index contributed by atoms with van der Waals surface area (Å²) in [5.41, 5.74) is 0.238. The Hall–Kier alpha value is -2.41. The van der Waals surface area contributed by atoms with Gasteiger partial charge < -0.3 is 18.8 Å². The largest absolute Gasteiger partial charge is 0.478 e. The van der Waals surface area contributed by atoms with Crippen molar-refractivity contribution >= 4 is 5.91 Å². The molecule has 0 N–H and O–H groups in total.